The lowest BCUT2D eigenvalue weighted by molar-refractivity contribution is 0.0391. The van der Waals surface area contributed by atoms with Crippen molar-refractivity contribution < 1.29 is 14.1 Å². The van der Waals surface area contributed by atoms with E-state index >= 15 is 0 Å². The van der Waals surface area contributed by atoms with Gasteiger partial charge in [-0.15, -0.1) is 0 Å². The minimum Gasteiger partial charge on any atom is -0.379 e. The first-order valence-electron chi connectivity index (χ1n) is 11.2. The molecule has 2 aromatic carbocycles. The second-order valence-corrected chi connectivity index (χ2v) is 9.74. The van der Waals surface area contributed by atoms with Gasteiger partial charge in [-0.05, 0) is 37.6 Å². The topological polar surface area (TPSA) is 71.7 Å². The second kappa shape index (κ2) is 9.84. The number of benzene rings is 2. The molecule has 0 saturated carbocycles. The van der Waals surface area contributed by atoms with Gasteiger partial charge in [0.1, 0.15) is 17.0 Å². The highest BCUT2D eigenvalue weighted by molar-refractivity contribution is 7.22. The number of fused-ring (bicyclic) bond motifs is 1. The Hall–Kier alpha value is -2.78. The number of thiazole rings is 1. The fourth-order valence-corrected chi connectivity index (χ4v) is 5.39. The quantitative estimate of drug-likeness (QED) is 0.365. The van der Waals surface area contributed by atoms with Gasteiger partial charge in [0.15, 0.2) is 5.13 Å². The summed E-state index contributed by atoms with van der Waals surface area (Å²) in [5.74, 6) is 0.256. The van der Waals surface area contributed by atoms with Crippen molar-refractivity contribution in [2.45, 2.75) is 13.8 Å². The Bertz CT molecular complexity index is 1330. The number of hydrogen-bond acceptors (Lipinski definition) is 7. The molecule has 5 rings (SSSR count). The van der Waals surface area contributed by atoms with Crippen LogP contribution in [0.2, 0.25) is 5.02 Å². The molecular formula is C25H25ClN4O3S. The standard InChI is InChI=1S/C25H25ClN4O3S/c1-16-7-8-20-21(15-16)34-25(27-20)30(10-9-29-11-13-32-14-12-29)24(31)22-17(2)33-28-23(22)18-5-3-4-6-19(18)26/h3-8,15H,9-14H2,1-2H3. The van der Waals surface area contributed by atoms with Crippen LogP contribution in [0.4, 0.5) is 5.13 Å². The van der Waals surface area contributed by atoms with Gasteiger partial charge in [0.25, 0.3) is 5.91 Å². The SMILES string of the molecule is Cc1ccc2nc(N(CCN3CCOCC3)C(=O)c3c(-c4ccccc4Cl)noc3C)sc2c1. The number of hydrogen-bond donors (Lipinski definition) is 0. The normalized spacial score (nSPS) is 14.6. The molecular weight excluding hydrogens is 472 g/mol. The van der Waals surface area contributed by atoms with Crippen LogP contribution in [-0.4, -0.2) is 60.3 Å². The van der Waals surface area contributed by atoms with Crippen molar-refractivity contribution in [3.8, 4) is 11.3 Å². The predicted molar refractivity (Wildman–Crippen MR) is 135 cm³/mol. The van der Waals surface area contributed by atoms with Gasteiger partial charge in [0.2, 0.25) is 0 Å². The van der Waals surface area contributed by atoms with Crippen LogP contribution < -0.4 is 4.90 Å². The predicted octanol–water partition coefficient (Wildman–Crippen LogP) is 5.20. The number of anilines is 1. The Labute approximate surface area is 206 Å². The molecule has 0 bridgehead atoms. The van der Waals surface area contributed by atoms with Crippen LogP contribution in [0.25, 0.3) is 21.5 Å². The van der Waals surface area contributed by atoms with Crippen LogP contribution in [0.3, 0.4) is 0 Å². The zero-order valence-corrected chi connectivity index (χ0v) is 20.7. The Morgan fingerprint density at radius 1 is 1.18 bits per heavy atom. The molecule has 0 aliphatic carbocycles. The molecule has 0 radical (unpaired) electrons. The van der Waals surface area contributed by atoms with Gasteiger partial charge in [-0.3, -0.25) is 14.6 Å². The summed E-state index contributed by atoms with van der Waals surface area (Å²) in [5, 5.41) is 5.37. The zero-order chi connectivity index (χ0) is 23.7. The van der Waals surface area contributed by atoms with Crippen molar-refractivity contribution in [2.75, 3.05) is 44.3 Å². The number of rotatable bonds is 6. The maximum Gasteiger partial charge on any atom is 0.266 e. The fourth-order valence-electron chi connectivity index (χ4n) is 4.08. The zero-order valence-electron chi connectivity index (χ0n) is 19.1. The molecule has 1 fully saturated rings. The molecule has 176 valence electrons. The summed E-state index contributed by atoms with van der Waals surface area (Å²) in [4.78, 5) is 22.9. The largest absolute Gasteiger partial charge is 0.379 e. The number of aromatic nitrogens is 2. The Balaban J connectivity index is 1.54. The number of carbonyl (C=O) groups excluding carboxylic acids is 1. The first-order chi connectivity index (χ1) is 16.5. The molecule has 9 heteroatoms. The first kappa shape index (κ1) is 23.0. The van der Waals surface area contributed by atoms with Crippen molar-refractivity contribution in [1.29, 1.82) is 0 Å². The van der Waals surface area contributed by atoms with Gasteiger partial charge in [-0.1, -0.05) is 52.4 Å². The highest BCUT2D eigenvalue weighted by Crippen LogP contribution is 2.35. The van der Waals surface area contributed by atoms with Crippen LogP contribution >= 0.6 is 22.9 Å². The highest BCUT2D eigenvalue weighted by Gasteiger charge is 2.30. The van der Waals surface area contributed by atoms with E-state index in [2.05, 4.69) is 23.0 Å². The summed E-state index contributed by atoms with van der Waals surface area (Å²) in [6.07, 6.45) is 0. The van der Waals surface area contributed by atoms with E-state index in [1.54, 1.807) is 17.9 Å². The molecule has 1 aliphatic heterocycles. The highest BCUT2D eigenvalue weighted by atomic mass is 35.5. The molecule has 0 spiro atoms. The van der Waals surface area contributed by atoms with E-state index in [9.17, 15) is 4.79 Å². The average Bonchev–Trinajstić information content (AvgIpc) is 3.43. The number of carbonyl (C=O) groups is 1. The van der Waals surface area contributed by atoms with Crippen LogP contribution in [0.5, 0.6) is 0 Å². The number of aryl methyl sites for hydroxylation is 2. The lowest BCUT2D eigenvalue weighted by Gasteiger charge is -2.29. The van der Waals surface area contributed by atoms with Crippen LogP contribution in [0.15, 0.2) is 47.0 Å². The third-order valence-electron chi connectivity index (χ3n) is 5.96. The summed E-state index contributed by atoms with van der Waals surface area (Å²) < 4.78 is 12.0. The van der Waals surface area contributed by atoms with E-state index in [1.807, 2.05) is 30.3 Å². The Morgan fingerprint density at radius 3 is 2.76 bits per heavy atom. The van der Waals surface area contributed by atoms with E-state index < -0.39 is 0 Å². The molecule has 1 saturated heterocycles. The monoisotopic (exact) mass is 496 g/mol. The molecule has 1 aliphatic rings. The van der Waals surface area contributed by atoms with Gasteiger partial charge in [-0.2, -0.15) is 0 Å². The minimum atomic E-state index is -0.197. The number of amides is 1. The summed E-state index contributed by atoms with van der Waals surface area (Å²) >= 11 is 7.95. The van der Waals surface area contributed by atoms with Crippen molar-refractivity contribution in [2.24, 2.45) is 0 Å². The smallest absolute Gasteiger partial charge is 0.266 e. The number of nitrogens with zero attached hydrogens (tertiary/aromatic N) is 4. The molecule has 34 heavy (non-hydrogen) atoms. The first-order valence-corrected chi connectivity index (χ1v) is 12.4. The summed E-state index contributed by atoms with van der Waals surface area (Å²) in [7, 11) is 0. The van der Waals surface area contributed by atoms with E-state index in [0.717, 1.165) is 35.4 Å². The maximum absolute atomic E-state index is 14.1. The third-order valence-corrected chi connectivity index (χ3v) is 7.33. The van der Waals surface area contributed by atoms with E-state index in [0.29, 0.717) is 52.5 Å². The average molecular weight is 497 g/mol. The fraction of sp³-hybridized carbons (Fsp3) is 0.320. The van der Waals surface area contributed by atoms with Gasteiger partial charge in [-0.25, -0.2) is 4.98 Å². The van der Waals surface area contributed by atoms with Crippen LogP contribution in [0.1, 0.15) is 21.7 Å². The molecule has 0 atom stereocenters. The minimum absolute atomic E-state index is 0.197. The van der Waals surface area contributed by atoms with E-state index in [-0.39, 0.29) is 5.91 Å². The molecule has 3 heterocycles. The summed E-state index contributed by atoms with van der Waals surface area (Å²) in [6.45, 7) is 8.11. The van der Waals surface area contributed by atoms with Crippen molar-refractivity contribution in [3.63, 3.8) is 0 Å². The second-order valence-electron chi connectivity index (χ2n) is 8.32. The van der Waals surface area contributed by atoms with Crippen molar-refractivity contribution in [1.82, 2.24) is 15.0 Å². The Morgan fingerprint density at radius 2 is 1.97 bits per heavy atom. The van der Waals surface area contributed by atoms with Gasteiger partial charge >= 0.3 is 0 Å². The third kappa shape index (κ3) is 4.59. The lowest BCUT2D eigenvalue weighted by atomic mass is 10.1. The van der Waals surface area contributed by atoms with Crippen LogP contribution in [0, 0.1) is 13.8 Å². The molecule has 1 amide bonds. The number of morpholine rings is 1. The lowest BCUT2D eigenvalue weighted by Crippen LogP contribution is -2.43. The van der Waals surface area contributed by atoms with Gasteiger partial charge in [0, 0.05) is 31.7 Å². The Kier molecular flexibility index (Phi) is 6.65. The van der Waals surface area contributed by atoms with Crippen molar-refractivity contribution in [3.05, 3.63) is 64.4 Å². The number of halogens is 1. The molecule has 0 unspecified atom stereocenters. The van der Waals surface area contributed by atoms with Crippen molar-refractivity contribution >= 4 is 44.2 Å². The molecule has 0 N–H and O–H groups in total. The summed E-state index contributed by atoms with van der Waals surface area (Å²) in [6, 6.07) is 13.5. The molecule has 4 aromatic rings. The van der Waals surface area contributed by atoms with E-state index in [1.165, 1.54) is 11.3 Å². The van der Waals surface area contributed by atoms with Gasteiger partial charge < -0.3 is 9.26 Å². The summed E-state index contributed by atoms with van der Waals surface area (Å²) in [5.41, 5.74) is 3.55. The van der Waals surface area contributed by atoms with E-state index in [4.69, 9.17) is 25.8 Å². The number of ether oxygens (including phenoxy) is 1. The van der Waals surface area contributed by atoms with Crippen LogP contribution in [-0.2, 0) is 4.74 Å². The van der Waals surface area contributed by atoms with Gasteiger partial charge in [0.05, 0.1) is 28.5 Å². The molecule has 7 nitrogen and oxygen atoms in total. The maximum atomic E-state index is 14.1. The molecule has 2 aromatic heterocycles.